The second kappa shape index (κ2) is 6.36. The lowest BCUT2D eigenvalue weighted by Gasteiger charge is -2.17. The van der Waals surface area contributed by atoms with E-state index in [1.54, 1.807) is 54.6 Å². The molecule has 0 spiro atoms. The van der Waals surface area contributed by atoms with Crippen LogP contribution in [0.4, 0.5) is 18.9 Å². The summed E-state index contributed by atoms with van der Waals surface area (Å²) in [5, 5.41) is 2.42. The minimum Gasteiger partial charge on any atom is -0.364 e. The number of hydrogen-bond donors (Lipinski definition) is 1. The molecule has 2 aromatic carbocycles. The predicted molar refractivity (Wildman–Crippen MR) is 78.0 cm³/mol. The summed E-state index contributed by atoms with van der Waals surface area (Å²) >= 11 is 0. The van der Waals surface area contributed by atoms with Crippen LogP contribution in [-0.2, 0) is 0 Å². The molecular formula is C17H14F3N. The first-order valence-corrected chi connectivity index (χ1v) is 6.42. The van der Waals surface area contributed by atoms with Crippen LogP contribution < -0.4 is 5.32 Å². The minimum atomic E-state index is -4.44. The summed E-state index contributed by atoms with van der Waals surface area (Å²) in [6.45, 7) is 1.88. The molecule has 0 aromatic heterocycles. The molecule has 0 heterocycles. The first kappa shape index (κ1) is 15.0. The van der Waals surface area contributed by atoms with Crippen molar-refractivity contribution < 1.29 is 13.2 Å². The Morgan fingerprint density at radius 2 is 1.57 bits per heavy atom. The molecule has 0 bridgehead atoms. The van der Waals surface area contributed by atoms with E-state index in [1.165, 1.54) is 0 Å². The Kier molecular flexibility index (Phi) is 4.54. The number of aryl methyl sites for hydroxylation is 1. The Morgan fingerprint density at radius 3 is 2.14 bits per heavy atom. The Labute approximate surface area is 121 Å². The Morgan fingerprint density at radius 1 is 0.952 bits per heavy atom. The van der Waals surface area contributed by atoms with E-state index in [2.05, 4.69) is 17.2 Å². The molecule has 0 fully saturated rings. The zero-order valence-electron chi connectivity index (χ0n) is 11.4. The van der Waals surface area contributed by atoms with Crippen molar-refractivity contribution in [1.29, 1.82) is 0 Å². The monoisotopic (exact) mass is 289 g/mol. The van der Waals surface area contributed by atoms with Crippen LogP contribution in [0.25, 0.3) is 0 Å². The van der Waals surface area contributed by atoms with Crippen LogP contribution in [-0.4, -0.2) is 12.2 Å². The second-order valence-electron chi connectivity index (χ2n) is 4.62. The standard InChI is InChI=1S/C17H14F3N/c1-13-7-10-15(11-8-13)21-16(17(18,19)20)12-9-14-5-3-2-4-6-14/h2-8,10-11,16,21H,1H3. The fourth-order valence-corrected chi connectivity index (χ4v) is 1.69. The van der Waals surface area contributed by atoms with Gasteiger partial charge in [-0.05, 0) is 31.2 Å². The van der Waals surface area contributed by atoms with Gasteiger partial charge >= 0.3 is 6.18 Å². The maximum Gasteiger partial charge on any atom is 0.420 e. The van der Waals surface area contributed by atoms with Gasteiger partial charge in [-0.3, -0.25) is 0 Å². The van der Waals surface area contributed by atoms with E-state index < -0.39 is 12.2 Å². The van der Waals surface area contributed by atoms with E-state index in [0.717, 1.165) is 5.56 Å². The maximum absolute atomic E-state index is 13.0. The van der Waals surface area contributed by atoms with Crippen LogP contribution in [0.5, 0.6) is 0 Å². The highest BCUT2D eigenvalue weighted by Crippen LogP contribution is 2.23. The topological polar surface area (TPSA) is 12.0 Å². The van der Waals surface area contributed by atoms with E-state index in [1.807, 2.05) is 6.92 Å². The van der Waals surface area contributed by atoms with Crippen LogP contribution in [0.3, 0.4) is 0 Å². The van der Waals surface area contributed by atoms with Crippen molar-refractivity contribution in [1.82, 2.24) is 0 Å². The van der Waals surface area contributed by atoms with Gasteiger partial charge in [0.25, 0.3) is 0 Å². The fraction of sp³-hybridized carbons (Fsp3) is 0.176. The molecule has 0 amide bonds. The molecule has 0 saturated carbocycles. The Balaban J connectivity index is 2.20. The quantitative estimate of drug-likeness (QED) is 0.809. The van der Waals surface area contributed by atoms with Crippen molar-refractivity contribution in [2.75, 3.05) is 5.32 Å². The summed E-state index contributed by atoms with van der Waals surface area (Å²) in [7, 11) is 0. The first-order chi connectivity index (χ1) is 9.95. The summed E-state index contributed by atoms with van der Waals surface area (Å²) in [6.07, 6.45) is -4.44. The summed E-state index contributed by atoms with van der Waals surface area (Å²) in [4.78, 5) is 0. The average Bonchev–Trinajstić information content (AvgIpc) is 2.45. The fourth-order valence-electron chi connectivity index (χ4n) is 1.69. The van der Waals surface area contributed by atoms with E-state index in [9.17, 15) is 13.2 Å². The number of alkyl halides is 3. The predicted octanol–water partition coefficient (Wildman–Crippen LogP) is 4.39. The number of halogens is 3. The lowest BCUT2D eigenvalue weighted by atomic mass is 10.2. The van der Waals surface area contributed by atoms with Gasteiger partial charge in [0.15, 0.2) is 6.04 Å². The van der Waals surface area contributed by atoms with Gasteiger partial charge in [0.2, 0.25) is 0 Å². The van der Waals surface area contributed by atoms with Crippen molar-refractivity contribution >= 4 is 5.69 Å². The molecule has 2 rings (SSSR count). The van der Waals surface area contributed by atoms with Crippen LogP contribution >= 0.6 is 0 Å². The lowest BCUT2D eigenvalue weighted by molar-refractivity contribution is -0.130. The van der Waals surface area contributed by atoms with E-state index in [-0.39, 0.29) is 0 Å². The van der Waals surface area contributed by atoms with Crippen molar-refractivity contribution in [3.8, 4) is 11.8 Å². The number of hydrogen-bond acceptors (Lipinski definition) is 1. The largest absolute Gasteiger partial charge is 0.420 e. The normalized spacial score (nSPS) is 12.2. The molecule has 1 nitrogen and oxygen atoms in total. The van der Waals surface area contributed by atoms with Crippen molar-refractivity contribution in [2.45, 2.75) is 19.1 Å². The highest BCUT2D eigenvalue weighted by atomic mass is 19.4. The highest BCUT2D eigenvalue weighted by Gasteiger charge is 2.38. The van der Waals surface area contributed by atoms with Crippen molar-refractivity contribution in [3.05, 3.63) is 65.7 Å². The first-order valence-electron chi connectivity index (χ1n) is 6.42. The van der Waals surface area contributed by atoms with Gasteiger partial charge in [0, 0.05) is 11.3 Å². The average molecular weight is 289 g/mol. The Hall–Kier alpha value is -2.41. The van der Waals surface area contributed by atoms with Gasteiger partial charge in [0.1, 0.15) is 0 Å². The number of benzene rings is 2. The van der Waals surface area contributed by atoms with Gasteiger partial charge in [-0.15, -0.1) is 0 Å². The number of nitrogens with one attached hydrogen (secondary N) is 1. The van der Waals surface area contributed by atoms with E-state index in [0.29, 0.717) is 11.3 Å². The SMILES string of the molecule is Cc1ccc(NC(C#Cc2ccccc2)C(F)(F)F)cc1. The van der Waals surface area contributed by atoms with Crippen LogP contribution in [0.1, 0.15) is 11.1 Å². The second-order valence-corrected chi connectivity index (χ2v) is 4.62. The van der Waals surface area contributed by atoms with Crippen LogP contribution in [0.15, 0.2) is 54.6 Å². The lowest BCUT2D eigenvalue weighted by Crippen LogP contribution is -2.34. The smallest absolute Gasteiger partial charge is 0.364 e. The summed E-state index contributed by atoms with van der Waals surface area (Å²) in [5.41, 5.74) is 1.93. The Bertz CT molecular complexity index is 634. The molecule has 108 valence electrons. The third-order valence-corrected chi connectivity index (χ3v) is 2.82. The van der Waals surface area contributed by atoms with Gasteiger partial charge in [0.05, 0.1) is 0 Å². The molecule has 1 unspecified atom stereocenters. The zero-order valence-corrected chi connectivity index (χ0v) is 11.4. The zero-order chi connectivity index (χ0) is 15.3. The minimum absolute atomic E-state index is 0.394. The molecule has 0 radical (unpaired) electrons. The number of rotatable bonds is 2. The number of anilines is 1. The molecule has 0 saturated heterocycles. The third kappa shape index (κ3) is 4.57. The van der Waals surface area contributed by atoms with Crippen molar-refractivity contribution in [3.63, 3.8) is 0 Å². The molecule has 21 heavy (non-hydrogen) atoms. The van der Waals surface area contributed by atoms with Crippen molar-refractivity contribution in [2.24, 2.45) is 0 Å². The van der Waals surface area contributed by atoms with Crippen LogP contribution in [0, 0.1) is 18.8 Å². The molecule has 2 aromatic rings. The van der Waals surface area contributed by atoms with Gasteiger partial charge in [-0.2, -0.15) is 13.2 Å². The maximum atomic E-state index is 13.0. The molecule has 4 heteroatoms. The van der Waals surface area contributed by atoms with Gasteiger partial charge < -0.3 is 5.32 Å². The molecule has 1 N–H and O–H groups in total. The molecule has 0 aliphatic rings. The summed E-state index contributed by atoms with van der Waals surface area (Å²) < 4.78 is 39.1. The summed E-state index contributed by atoms with van der Waals surface area (Å²) in [6, 6.07) is 13.4. The molecular weight excluding hydrogens is 275 g/mol. The van der Waals surface area contributed by atoms with E-state index >= 15 is 0 Å². The molecule has 0 aliphatic heterocycles. The third-order valence-electron chi connectivity index (χ3n) is 2.82. The van der Waals surface area contributed by atoms with E-state index in [4.69, 9.17) is 0 Å². The highest BCUT2D eigenvalue weighted by molar-refractivity contribution is 5.48. The summed E-state index contributed by atoms with van der Waals surface area (Å²) in [5.74, 6) is 4.80. The molecule has 1 atom stereocenters. The van der Waals surface area contributed by atoms with Gasteiger partial charge in [-0.25, -0.2) is 0 Å². The molecule has 0 aliphatic carbocycles. The van der Waals surface area contributed by atoms with Gasteiger partial charge in [-0.1, -0.05) is 47.7 Å². The van der Waals surface area contributed by atoms with Crippen LogP contribution in [0.2, 0.25) is 0 Å².